The van der Waals surface area contributed by atoms with Crippen LogP contribution in [0.4, 0.5) is 4.39 Å². The highest BCUT2D eigenvalue weighted by Crippen LogP contribution is 2.27. The van der Waals surface area contributed by atoms with Crippen LogP contribution in [0.3, 0.4) is 0 Å². The van der Waals surface area contributed by atoms with Gasteiger partial charge in [0.05, 0.1) is 5.75 Å². The molecule has 7 heteroatoms. The summed E-state index contributed by atoms with van der Waals surface area (Å²) in [7, 11) is -3.58. The maximum absolute atomic E-state index is 12.9. The molecule has 5 nitrogen and oxygen atoms in total. The lowest BCUT2D eigenvalue weighted by molar-refractivity contribution is -0.121. The first kappa shape index (κ1) is 22.7. The molecule has 0 spiro atoms. The maximum Gasteiger partial charge on any atom is 0.220 e. The van der Waals surface area contributed by atoms with Gasteiger partial charge in [-0.15, -0.1) is 0 Å². The van der Waals surface area contributed by atoms with Gasteiger partial charge >= 0.3 is 0 Å². The molecular formula is C24H25FN2O3S. The van der Waals surface area contributed by atoms with Crippen molar-refractivity contribution < 1.29 is 17.6 Å². The van der Waals surface area contributed by atoms with E-state index in [-0.39, 0.29) is 42.9 Å². The van der Waals surface area contributed by atoms with Gasteiger partial charge in [-0.25, -0.2) is 17.5 Å². The van der Waals surface area contributed by atoms with Crippen molar-refractivity contribution in [3.05, 3.63) is 107 Å². The fourth-order valence-electron chi connectivity index (χ4n) is 3.25. The monoisotopic (exact) mass is 440 g/mol. The second kappa shape index (κ2) is 10.8. The molecule has 0 saturated heterocycles. The van der Waals surface area contributed by atoms with Crippen LogP contribution in [0.15, 0.2) is 84.9 Å². The number of hydrogen-bond acceptors (Lipinski definition) is 3. The first-order chi connectivity index (χ1) is 14.9. The molecule has 0 aliphatic rings. The van der Waals surface area contributed by atoms with E-state index in [0.717, 1.165) is 11.1 Å². The van der Waals surface area contributed by atoms with Crippen molar-refractivity contribution in [2.75, 3.05) is 12.3 Å². The van der Waals surface area contributed by atoms with Crippen LogP contribution in [0, 0.1) is 5.82 Å². The summed E-state index contributed by atoms with van der Waals surface area (Å²) in [6.45, 7) is 0.0779. The Kier molecular flexibility index (Phi) is 7.92. The minimum Gasteiger partial charge on any atom is -0.355 e. The van der Waals surface area contributed by atoms with Gasteiger partial charge in [-0.3, -0.25) is 4.79 Å². The molecule has 0 heterocycles. The Morgan fingerprint density at radius 3 is 1.94 bits per heavy atom. The number of sulfonamides is 1. The third-order valence-electron chi connectivity index (χ3n) is 4.90. The quantitative estimate of drug-likeness (QED) is 0.506. The first-order valence-corrected chi connectivity index (χ1v) is 11.7. The van der Waals surface area contributed by atoms with E-state index in [1.807, 2.05) is 60.7 Å². The number of hydrogen-bond donors (Lipinski definition) is 2. The van der Waals surface area contributed by atoms with E-state index in [2.05, 4.69) is 10.0 Å². The Morgan fingerprint density at radius 2 is 1.39 bits per heavy atom. The Bertz CT molecular complexity index is 1030. The van der Waals surface area contributed by atoms with E-state index in [1.54, 1.807) is 0 Å². The minimum atomic E-state index is -3.58. The van der Waals surface area contributed by atoms with Crippen molar-refractivity contribution >= 4 is 15.9 Å². The zero-order valence-electron chi connectivity index (χ0n) is 17.0. The highest BCUT2D eigenvalue weighted by Gasteiger charge is 2.18. The number of amides is 1. The smallest absolute Gasteiger partial charge is 0.220 e. The van der Waals surface area contributed by atoms with Gasteiger partial charge < -0.3 is 5.32 Å². The lowest BCUT2D eigenvalue weighted by Crippen LogP contribution is -2.34. The second-order valence-corrected chi connectivity index (χ2v) is 9.12. The lowest BCUT2D eigenvalue weighted by atomic mass is 9.88. The van der Waals surface area contributed by atoms with Gasteiger partial charge in [0.1, 0.15) is 5.82 Å². The highest BCUT2D eigenvalue weighted by atomic mass is 32.2. The zero-order valence-corrected chi connectivity index (χ0v) is 17.8. The molecule has 0 bridgehead atoms. The van der Waals surface area contributed by atoms with Crippen LogP contribution in [-0.2, 0) is 21.4 Å². The van der Waals surface area contributed by atoms with Gasteiger partial charge in [-0.1, -0.05) is 72.8 Å². The molecule has 2 N–H and O–H groups in total. The van der Waals surface area contributed by atoms with E-state index in [9.17, 15) is 17.6 Å². The van der Waals surface area contributed by atoms with Gasteiger partial charge in [-0.05, 0) is 28.8 Å². The molecule has 0 radical (unpaired) electrons. The molecule has 0 atom stereocenters. The summed E-state index contributed by atoms with van der Waals surface area (Å²) in [5, 5.41) is 2.71. The zero-order chi connectivity index (χ0) is 22.1. The van der Waals surface area contributed by atoms with E-state index in [0.29, 0.717) is 5.56 Å². The van der Waals surface area contributed by atoms with Crippen molar-refractivity contribution in [2.24, 2.45) is 0 Å². The minimum absolute atomic E-state index is 0.00782. The van der Waals surface area contributed by atoms with Crippen molar-refractivity contribution in [1.29, 1.82) is 0 Å². The molecule has 0 aliphatic carbocycles. The average Bonchev–Trinajstić information content (AvgIpc) is 2.78. The van der Waals surface area contributed by atoms with Gasteiger partial charge in [-0.2, -0.15) is 0 Å². The SMILES string of the molecule is O=C(CC(c1ccccc1)c1ccccc1)NCCS(=O)(=O)NCc1ccc(F)cc1. The lowest BCUT2D eigenvalue weighted by Gasteiger charge is -2.18. The Hall–Kier alpha value is -3.03. The largest absolute Gasteiger partial charge is 0.355 e. The van der Waals surface area contributed by atoms with Crippen molar-refractivity contribution in [1.82, 2.24) is 10.0 Å². The number of rotatable bonds is 10. The van der Waals surface area contributed by atoms with E-state index in [4.69, 9.17) is 0 Å². The van der Waals surface area contributed by atoms with Gasteiger partial charge in [0.2, 0.25) is 15.9 Å². The summed E-state index contributed by atoms with van der Waals surface area (Å²) in [6, 6.07) is 25.1. The first-order valence-electron chi connectivity index (χ1n) is 10.0. The molecule has 3 aromatic rings. The summed E-state index contributed by atoms with van der Waals surface area (Å²) < 4.78 is 39.8. The molecule has 31 heavy (non-hydrogen) atoms. The fraction of sp³-hybridized carbons (Fsp3) is 0.208. The second-order valence-electron chi connectivity index (χ2n) is 7.19. The van der Waals surface area contributed by atoms with Crippen LogP contribution in [0.25, 0.3) is 0 Å². The molecule has 162 valence electrons. The molecular weight excluding hydrogens is 415 g/mol. The molecule has 0 aromatic heterocycles. The van der Waals surface area contributed by atoms with Gasteiger partial charge in [0.25, 0.3) is 0 Å². The van der Waals surface area contributed by atoms with Crippen LogP contribution in [0.5, 0.6) is 0 Å². The van der Waals surface area contributed by atoms with Crippen LogP contribution in [0.2, 0.25) is 0 Å². The fourth-order valence-corrected chi connectivity index (χ4v) is 4.15. The van der Waals surface area contributed by atoms with Gasteiger partial charge in [0.15, 0.2) is 0 Å². The topological polar surface area (TPSA) is 75.3 Å². The van der Waals surface area contributed by atoms with Crippen LogP contribution in [-0.4, -0.2) is 26.6 Å². The standard InChI is InChI=1S/C24H25FN2O3S/c25-22-13-11-19(12-14-22)18-27-31(29,30)16-15-26-24(28)17-23(20-7-3-1-4-8-20)21-9-5-2-6-10-21/h1-14,23,27H,15-18H2,(H,26,28). The number of nitrogens with one attached hydrogen (secondary N) is 2. The van der Waals surface area contributed by atoms with Crippen LogP contribution in [0.1, 0.15) is 29.0 Å². The molecule has 3 aromatic carbocycles. The van der Waals surface area contributed by atoms with E-state index < -0.39 is 10.0 Å². The number of benzene rings is 3. The summed E-state index contributed by atoms with van der Waals surface area (Å²) in [5.41, 5.74) is 2.71. The summed E-state index contributed by atoms with van der Waals surface area (Å²) in [6.07, 6.45) is 0.219. The number of halogens is 1. The highest BCUT2D eigenvalue weighted by molar-refractivity contribution is 7.89. The van der Waals surface area contributed by atoms with Crippen molar-refractivity contribution in [3.8, 4) is 0 Å². The molecule has 0 fully saturated rings. The summed E-state index contributed by atoms with van der Waals surface area (Å²) in [5.74, 6) is -0.943. The molecule has 0 saturated carbocycles. The number of carbonyl (C=O) groups is 1. The normalized spacial score (nSPS) is 11.4. The predicted molar refractivity (Wildman–Crippen MR) is 119 cm³/mol. The Labute approximate surface area is 182 Å². The maximum atomic E-state index is 12.9. The molecule has 0 aliphatic heterocycles. The summed E-state index contributed by atoms with van der Waals surface area (Å²) in [4.78, 5) is 12.5. The van der Waals surface area contributed by atoms with Crippen LogP contribution >= 0.6 is 0 Å². The van der Waals surface area contributed by atoms with Gasteiger partial charge in [0, 0.05) is 25.4 Å². The molecule has 0 unspecified atom stereocenters. The molecule has 3 rings (SSSR count). The Morgan fingerprint density at radius 1 is 0.839 bits per heavy atom. The van der Waals surface area contributed by atoms with Crippen molar-refractivity contribution in [2.45, 2.75) is 18.9 Å². The third-order valence-corrected chi connectivity index (χ3v) is 6.22. The average molecular weight is 441 g/mol. The molecule has 1 amide bonds. The summed E-state index contributed by atoms with van der Waals surface area (Å²) >= 11 is 0. The van der Waals surface area contributed by atoms with Crippen molar-refractivity contribution in [3.63, 3.8) is 0 Å². The van der Waals surface area contributed by atoms with E-state index in [1.165, 1.54) is 24.3 Å². The Balaban J connectivity index is 1.52. The van der Waals surface area contributed by atoms with Crippen LogP contribution < -0.4 is 10.0 Å². The number of carbonyl (C=O) groups excluding carboxylic acids is 1. The third kappa shape index (κ3) is 7.31. The predicted octanol–water partition coefficient (Wildman–Crippen LogP) is 3.58. The van der Waals surface area contributed by atoms with E-state index >= 15 is 0 Å².